The molecule has 0 heterocycles. The Morgan fingerprint density at radius 3 is 1.77 bits per heavy atom. The summed E-state index contributed by atoms with van der Waals surface area (Å²) in [5, 5.41) is 0. The van der Waals surface area contributed by atoms with Crippen LogP contribution in [0.4, 0.5) is 0 Å². The third kappa shape index (κ3) is 19.8. The van der Waals surface area contributed by atoms with Gasteiger partial charge in [-0.05, 0) is 50.9 Å². The first-order chi connectivity index (χ1) is 17.2. The zero-order valence-corrected chi connectivity index (χ0v) is 23.5. The molecule has 0 radical (unpaired) electrons. The van der Waals surface area contributed by atoms with E-state index in [2.05, 4.69) is 6.92 Å². The van der Waals surface area contributed by atoms with E-state index in [1.807, 2.05) is 6.92 Å². The van der Waals surface area contributed by atoms with E-state index < -0.39 is 0 Å². The molecule has 1 rings (SSSR count). The molecule has 4 nitrogen and oxygen atoms in total. The number of hydrogen-bond donors (Lipinski definition) is 0. The van der Waals surface area contributed by atoms with Gasteiger partial charge in [0.1, 0.15) is 6.10 Å². The fourth-order valence-corrected chi connectivity index (χ4v) is 5.28. The van der Waals surface area contributed by atoms with Gasteiger partial charge < -0.3 is 9.47 Å². The molecule has 1 unspecified atom stereocenters. The highest BCUT2D eigenvalue weighted by Crippen LogP contribution is 2.28. The van der Waals surface area contributed by atoms with Gasteiger partial charge in [-0.2, -0.15) is 0 Å². The summed E-state index contributed by atoms with van der Waals surface area (Å²) in [5.74, 6) is 0.754. The number of unbranched alkanes of at least 4 members (excludes halogenated alkanes) is 12. The summed E-state index contributed by atoms with van der Waals surface area (Å²) in [7, 11) is 0. The maximum atomic E-state index is 12.0. The Labute approximate surface area is 217 Å². The van der Waals surface area contributed by atoms with E-state index in [1.54, 1.807) is 0 Å². The van der Waals surface area contributed by atoms with Gasteiger partial charge in [-0.25, -0.2) is 0 Å². The predicted molar refractivity (Wildman–Crippen MR) is 146 cm³/mol. The zero-order valence-electron chi connectivity index (χ0n) is 23.5. The molecule has 1 aliphatic carbocycles. The van der Waals surface area contributed by atoms with E-state index in [0.717, 1.165) is 50.9 Å². The summed E-state index contributed by atoms with van der Waals surface area (Å²) >= 11 is 0. The summed E-state index contributed by atoms with van der Waals surface area (Å²) in [5.41, 5.74) is 0. The Hall–Kier alpha value is -1.06. The van der Waals surface area contributed by atoms with Crippen LogP contribution in [0.3, 0.4) is 0 Å². The van der Waals surface area contributed by atoms with E-state index in [-0.39, 0.29) is 18.0 Å². The molecule has 1 atom stereocenters. The minimum Gasteiger partial charge on any atom is -0.466 e. The Morgan fingerprint density at radius 2 is 1.20 bits per heavy atom. The molecule has 4 heteroatoms. The Bertz CT molecular complexity index is 498. The van der Waals surface area contributed by atoms with Gasteiger partial charge in [0.15, 0.2) is 0 Å². The smallest absolute Gasteiger partial charge is 0.306 e. The summed E-state index contributed by atoms with van der Waals surface area (Å²) in [6.45, 7) is 4.88. The minimum absolute atomic E-state index is 0.00239. The van der Waals surface area contributed by atoms with Crippen LogP contribution < -0.4 is 0 Å². The number of esters is 2. The third-order valence-corrected chi connectivity index (χ3v) is 7.55. The second-order valence-corrected chi connectivity index (χ2v) is 10.9. The second-order valence-electron chi connectivity index (χ2n) is 10.9. The number of ether oxygens (including phenoxy) is 2. The fourth-order valence-electron chi connectivity index (χ4n) is 5.28. The highest BCUT2D eigenvalue weighted by molar-refractivity contribution is 5.69. The minimum atomic E-state index is -0.0142. The van der Waals surface area contributed by atoms with Crippen molar-refractivity contribution >= 4 is 11.9 Å². The van der Waals surface area contributed by atoms with E-state index in [4.69, 9.17) is 9.47 Å². The van der Waals surface area contributed by atoms with Crippen molar-refractivity contribution in [1.82, 2.24) is 0 Å². The van der Waals surface area contributed by atoms with Crippen LogP contribution in [0.5, 0.6) is 0 Å². The van der Waals surface area contributed by atoms with E-state index in [1.165, 1.54) is 96.3 Å². The third-order valence-electron chi connectivity index (χ3n) is 7.55. The van der Waals surface area contributed by atoms with Crippen molar-refractivity contribution < 1.29 is 19.1 Å². The van der Waals surface area contributed by atoms with Gasteiger partial charge in [-0.3, -0.25) is 9.59 Å². The first-order valence-corrected chi connectivity index (χ1v) is 15.5. The van der Waals surface area contributed by atoms with Crippen LogP contribution in [0.15, 0.2) is 0 Å². The van der Waals surface area contributed by atoms with Gasteiger partial charge >= 0.3 is 11.9 Å². The van der Waals surface area contributed by atoms with Crippen LogP contribution in [0.25, 0.3) is 0 Å². The van der Waals surface area contributed by atoms with E-state index >= 15 is 0 Å². The maximum absolute atomic E-state index is 12.0. The molecular formula is C31H58O4. The summed E-state index contributed by atoms with van der Waals surface area (Å²) in [6.07, 6.45) is 27.8. The van der Waals surface area contributed by atoms with Crippen molar-refractivity contribution in [3.63, 3.8) is 0 Å². The molecule has 35 heavy (non-hydrogen) atoms. The topological polar surface area (TPSA) is 52.6 Å². The summed E-state index contributed by atoms with van der Waals surface area (Å²) in [6, 6.07) is 0. The first-order valence-electron chi connectivity index (χ1n) is 15.5. The first kappa shape index (κ1) is 32.0. The lowest BCUT2D eigenvalue weighted by atomic mass is 10.0. The van der Waals surface area contributed by atoms with Crippen LogP contribution in [-0.2, 0) is 19.1 Å². The quantitative estimate of drug-likeness (QED) is 0.0990. The second kappa shape index (κ2) is 23.3. The maximum Gasteiger partial charge on any atom is 0.306 e. The number of carbonyl (C=O) groups excluding carboxylic acids is 2. The van der Waals surface area contributed by atoms with Gasteiger partial charge in [0.25, 0.3) is 0 Å². The van der Waals surface area contributed by atoms with Gasteiger partial charge in [0.05, 0.1) is 6.61 Å². The number of hydrogen-bond acceptors (Lipinski definition) is 4. The molecule has 0 aromatic carbocycles. The normalized spacial score (nSPS) is 14.8. The van der Waals surface area contributed by atoms with Crippen molar-refractivity contribution in [2.24, 2.45) is 5.92 Å². The van der Waals surface area contributed by atoms with Crippen molar-refractivity contribution in [2.75, 3.05) is 6.61 Å². The molecule has 0 aromatic rings. The fraction of sp³-hybridized carbons (Fsp3) is 0.935. The van der Waals surface area contributed by atoms with Gasteiger partial charge in [0.2, 0.25) is 0 Å². The highest BCUT2D eigenvalue weighted by atomic mass is 16.5. The van der Waals surface area contributed by atoms with Crippen molar-refractivity contribution in [2.45, 2.75) is 174 Å². The molecule has 1 aliphatic rings. The zero-order chi connectivity index (χ0) is 25.4. The Balaban J connectivity index is 1.99. The monoisotopic (exact) mass is 494 g/mol. The Morgan fingerprint density at radius 1 is 0.657 bits per heavy atom. The molecule has 0 aromatic heterocycles. The molecule has 1 saturated carbocycles. The van der Waals surface area contributed by atoms with Crippen LogP contribution in [0, 0.1) is 5.92 Å². The number of carbonyl (C=O) groups is 2. The van der Waals surface area contributed by atoms with E-state index in [0.29, 0.717) is 19.4 Å². The molecular weight excluding hydrogens is 436 g/mol. The molecule has 0 spiro atoms. The van der Waals surface area contributed by atoms with Crippen molar-refractivity contribution in [1.29, 1.82) is 0 Å². The molecule has 0 N–H and O–H groups in total. The van der Waals surface area contributed by atoms with Crippen LogP contribution in [0.2, 0.25) is 0 Å². The largest absolute Gasteiger partial charge is 0.466 e. The van der Waals surface area contributed by atoms with Crippen LogP contribution in [0.1, 0.15) is 168 Å². The highest BCUT2D eigenvalue weighted by Gasteiger charge is 2.16. The molecule has 0 bridgehead atoms. The standard InChI is InChI=1S/C31H58O4/c1-3-5-6-7-9-12-15-23-29(35-31(33)20-4-2)24-16-13-10-8-11-14-19-27-34-30(32)26-25-28-21-17-18-22-28/h28-29H,3-27H2,1-2H3. The van der Waals surface area contributed by atoms with Crippen LogP contribution in [-0.4, -0.2) is 24.6 Å². The molecule has 0 saturated heterocycles. The molecule has 0 amide bonds. The predicted octanol–water partition coefficient (Wildman–Crippen LogP) is 9.47. The van der Waals surface area contributed by atoms with Crippen molar-refractivity contribution in [3.05, 3.63) is 0 Å². The lowest BCUT2D eigenvalue weighted by Gasteiger charge is -2.18. The van der Waals surface area contributed by atoms with Crippen molar-refractivity contribution in [3.8, 4) is 0 Å². The molecule has 0 aliphatic heterocycles. The lowest BCUT2D eigenvalue weighted by Crippen LogP contribution is -2.18. The van der Waals surface area contributed by atoms with Gasteiger partial charge in [0, 0.05) is 12.8 Å². The van der Waals surface area contributed by atoms with Gasteiger partial charge in [-0.1, -0.05) is 110 Å². The summed E-state index contributed by atoms with van der Waals surface area (Å²) in [4.78, 5) is 23.9. The average molecular weight is 495 g/mol. The summed E-state index contributed by atoms with van der Waals surface area (Å²) < 4.78 is 11.2. The molecule has 206 valence electrons. The Kier molecular flexibility index (Phi) is 21.3. The van der Waals surface area contributed by atoms with Crippen LogP contribution >= 0.6 is 0 Å². The lowest BCUT2D eigenvalue weighted by molar-refractivity contribution is -0.150. The van der Waals surface area contributed by atoms with Gasteiger partial charge in [-0.15, -0.1) is 0 Å². The molecule has 1 fully saturated rings. The van der Waals surface area contributed by atoms with E-state index in [9.17, 15) is 9.59 Å². The average Bonchev–Trinajstić information content (AvgIpc) is 3.37. The SMILES string of the molecule is CCCCCCCCCC(CCCCCCCCCOC(=O)CCC1CCCC1)OC(=O)CCC. The number of rotatable bonds is 24.